The van der Waals surface area contributed by atoms with Gasteiger partial charge in [-0.05, 0) is 53.8 Å². The highest BCUT2D eigenvalue weighted by atomic mass is 79.9. The van der Waals surface area contributed by atoms with Gasteiger partial charge in [0, 0.05) is 5.69 Å². The summed E-state index contributed by atoms with van der Waals surface area (Å²) >= 11 is 3.42. The number of benzene rings is 1. The zero-order valence-electron chi connectivity index (χ0n) is 8.10. The summed E-state index contributed by atoms with van der Waals surface area (Å²) in [6.45, 7) is 6.45. The Morgan fingerprint density at radius 3 is 2.38 bits per heavy atom. The highest BCUT2D eigenvalue weighted by Crippen LogP contribution is 2.28. The van der Waals surface area contributed by atoms with E-state index in [-0.39, 0.29) is 0 Å². The quantitative estimate of drug-likeness (QED) is 0.654. The summed E-state index contributed by atoms with van der Waals surface area (Å²) < 4.78 is 6.75. The molecule has 0 aromatic heterocycles. The minimum atomic E-state index is -1.52. The average molecular weight is 260 g/mol. The Labute approximate surface area is 88.4 Å². The Balaban J connectivity index is 2.90. The first-order valence-electron chi connectivity index (χ1n) is 4.12. The van der Waals surface area contributed by atoms with Gasteiger partial charge in [0.15, 0.2) is 0 Å². The van der Waals surface area contributed by atoms with Crippen LogP contribution in [0.2, 0.25) is 19.6 Å². The van der Waals surface area contributed by atoms with E-state index in [0.717, 1.165) is 15.9 Å². The van der Waals surface area contributed by atoms with Gasteiger partial charge in [0.05, 0.1) is 4.47 Å². The average Bonchev–Trinajstić information content (AvgIpc) is 1.93. The predicted molar refractivity (Wildman–Crippen MR) is 62.5 cm³/mol. The van der Waals surface area contributed by atoms with Crippen molar-refractivity contribution in [3.63, 3.8) is 0 Å². The summed E-state index contributed by atoms with van der Waals surface area (Å²) in [6.07, 6.45) is 0. The second kappa shape index (κ2) is 3.72. The molecular formula is C9H14BrNOSi. The summed E-state index contributed by atoms with van der Waals surface area (Å²) in [5.41, 5.74) is 6.36. The third-order valence-corrected chi connectivity index (χ3v) is 2.82. The Hall–Kier alpha value is -0.483. The van der Waals surface area contributed by atoms with E-state index in [1.54, 1.807) is 0 Å². The Kier molecular flexibility index (Phi) is 3.03. The third kappa shape index (κ3) is 3.40. The van der Waals surface area contributed by atoms with Crippen LogP contribution in [0, 0.1) is 0 Å². The number of halogens is 1. The molecule has 0 aliphatic heterocycles. The second-order valence-corrected chi connectivity index (χ2v) is 9.19. The topological polar surface area (TPSA) is 35.2 Å². The Morgan fingerprint density at radius 2 is 1.92 bits per heavy atom. The van der Waals surface area contributed by atoms with E-state index >= 15 is 0 Å². The van der Waals surface area contributed by atoms with Crippen LogP contribution in [0.3, 0.4) is 0 Å². The molecule has 1 aromatic carbocycles. The lowest BCUT2D eigenvalue weighted by Crippen LogP contribution is -2.29. The largest absolute Gasteiger partial charge is 0.544 e. The predicted octanol–water partition coefficient (Wildman–Crippen LogP) is 3.25. The van der Waals surface area contributed by atoms with E-state index < -0.39 is 8.32 Å². The van der Waals surface area contributed by atoms with E-state index in [1.165, 1.54) is 0 Å². The summed E-state index contributed by atoms with van der Waals surface area (Å²) in [5, 5.41) is 0. The molecule has 13 heavy (non-hydrogen) atoms. The van der Waals surface area contributed by atoms with Gasteiger partial charge in [0.1, 0.15) is 5.75 Å². The highest BCUT2D eigenvalue weighted by Gasteiger charge is 2.17. The van der Waals surface area contributed by atoms with Crippen molar-refractivity contribution in [3.8, 4) is 5.75 Å². The fourth-order valence-electron chi connectivity index (χ4n) is 0.930. The van der Waals surface area contributed by atoms with Crippen LogP contribution in [0.5, 0.6) is 5.75 Å². The molecule has 2 nitrogen and oxygen atoms in total. The van der Waals surface area contributed by atoms with Crippen molar-refractivity contribution in [2.24, 2.45) is 0 Å². The fourth-order valence-corrected chi connectivity index (χ4v) is 2.39. The van der Waals surface area contributed by atoms with Crippen LogP contribution in [0.4, 0.5) is 5.69 Å². The normalized spacial score (nSPS) is 11.4. The van der Waals surface area contributed by atoms with Gasteiger partial charge in [-0.1, -0.05) is 0 Å². The first-order valence-corrected chi connectivity index (χ1v) is 8.33. The van der Waals surface area contributed by atoms with Crippen molar-refractivity contribution < 1.29 is 4.43 Å². The smallest absolute Gasteiger partial charge is 0.242 e. The van der Waals surface area contributed by atoms with Crippen molar-refractivity contribution in [1.29, 1.82) is 0 Å². The monoisotopic (exact) mass is 259 g/mol. The Bertz CT molecular complexity index is 309. The molecule has 0 radical (unpaired) electrons. The maximum atomic E-state index is 5.82. The SMILES string of the molecule is C[Si](C)(C)Oc1ccc(N)cc1Br. The van der Waals surface area contributed by atoms with Crippen LogP contribution in [0.15, 0.2) is 22.7 Å². The highest BCUT2D eigenvalue weighted by molar-refractivity contribution is 9.10. The summed E-state index contributed by atoms with van der Waals surface area (Å²) in [4.78, 5) is 0. The first kappa shape index (κ1) is 10.6. The zero-order chi connectivity index (χ0) is 10.1. The molecule has 0 atom stereocenters. The van der Waals surface area contributed by atoms with E-state index in [2.05, 4.69) is 35.6 Å². The van der Waals surface area contributed by atoms with Crippen LogP contribution in [-0.4, -0.2) is 8.32 Å². The van der Waals surface area contributed by atoms with Gasteiger partial charge in [-0.25, -0.2) is 0 Å². The van der Waals surface area contributed by atoms with Crippen LogP contribution in [-0.2, 0) is 0 Å². The molecule has 0 saturated carbocycles. The molecule has 0 spiro atoms. The second-order valence-electron chi connectivity index (χ2n) is 3.90. The van der Waals surface area contributed by atoms with Crippen molar-refractivity contribution in [2.45, 2.75) is 19.6 Å². The number of rotatable bonds is 2. The maximum Gasteiger partial charge on any atom is 0.242 e. The lowest BCUT2D eigenvalue weighted by molar-refractivity contribution is 0.554. The maximum absolute atomic E-state index is 5.82. The summed E-state index contributed by atoms with van der Waals surface area (Å²) in [6, 6.07) is 5.60. The standard InChI is InChI=1S/C9H14BrNOSi/c1-13(2,3)12-9-5-4-7(11)6-8(9)10/h4-6H,11H2,1-3H3. The van der Waals surface area contributed by atoms with Crippen molar-refractivity contribution in [2.75, 3.05) is 5.73 Å². The molecule has 2 N–H and O–H groups in total. The fraction of sp³-hybridized carbons (Fsp3) is 0.333. The van der Waals surface area contributed by atoms with Crippen LogP contribution >= 0.6 is 15.9 Å². The number of nitrogens with two attached hydrogens (primary N) is 1. The van der Waals surface area contributed by atoms with Gasteiger partial charge in [0.25, 0.3) is 0 Å². The molecule has 72 valence electrons. The van der Waals surface area contributed by atoms with Crippen molar-refractivity contribution >= 4 is 29.9 Å². The van der Waals surface area contributed by atoms with E-state index in [9.17, 15) is 0 Å². The van der Waals surface area contributed by atoms with Crippen molar-refractivity contribution in [1.82, 2.24) is 0 Å². The lowest BCUT2D eigenvalue weighted by atomic mass is 10.3. The third-order valence-electron chi connectivity index (χ3n) is 1.37. The number of hydrogen-bond donors (Lipinski definition) is 1. The van der Waals surface area contributed by atoms with Crippen LogP contribution < -0.4 is 10.2 Å². The first-order chi connectivity index (χ1) is 5.88. The van der Waals surface area contributed by atoms with Crippen LogP contribution in [0.25, 0.3) is 0 Å². The summed E-state index contributed by atoms with van der Waals surface area (Å²) in [7, 11) is -1.52. The zero-order valence-corrected chi connectivity index (χ0v) is 10.7. The minimum absolute atomic E-state index is 0.745. The van der Waals surface area contributed by atoms with Crippen molar-refractivity contribution in [3.05, 3.63) is 22.7 Å². The molecule has 0 saturated heterocycles. The summed E-state index contributed by atoms with van der Waals surface area (Å²) in [5.74, 6) is 0.883. The molecule has 0 heterocycles. The molecule has 0 bridgehead atoms. The number of hydrogen-bond acceptors (Lipinski definition) is 2. The molecule has 1 aromatic rings. The van der Waals surface area contributed by atoms with Gasteiger partial charge < -0.3 is 10.2 Å². The number of anilines is 1. The van der Waals surface area contributed by atoms with Gasteiger partial charge in [-0.2, -0.15) is 0 Å². The van der Waals surface area contributed by atoms with Crippen LogP contribution in [0.1, 0.15) is 0 Å². The molecule has 0 aliphatic carbocycles. The van der Waals surface area contributed by atoms with Gasteiger partial charge in [-0.15, -0.1) is 0 Å². The van der Waals surface area contributed by atoms with Gasteiger partial charge in [0.2, 0.25) is 8.32 Å². The number of nitrogen functional groups attached to an aromatic ring is 1. The molecule has 0 aliphatic rings. The lowest BCUT2D eigenvalue weighted by Gasteiger charge is -2.20. The van der Waals surface area contributed by atoms with E-state index in [0.29, 0.717) is 0 Å². The van der Waals surface area contributed by atoms with Gasteiger partial charge >= 0.3 is 0 Å². The molecule has 0 fully saturated rings. The molecule has 0 unspecified atom stereocenters. The van der Waals surface area contributed by atoms with E-state index in [1.807, 2.05) is 18.2 Å². The molecular weight excluding hydrogens is 246 g/mol. The minimum Gasteiger partial charge on any atom is -0.544 e. The molecule has 4 heteroatoms. The van der Waals surface area contributed by atoms with Gasteiger partial charge in [-0.3, -0.25) is 0 Å². The Morgan fingerprint density at radius 1 is 1.31 bits per heavy atom. The van der Waals surface area contributed by atoms with E-state index in [4.69, 9.17) is 10.2 Å². The molecule has 0 amide bonds. The molecule has 1 rings (SSSR count).